The number of carbonyl (C=O) groups is 1. The van der Waals surface area contributed by atoms with Crippen LogP contribution in [0.2, 0.25) is 0 Å². The van der Waals surface area contributed by atoms with Crippen molar-refractivity contribution in [3.05, 3.63) is 59.4 Å². The van der Waals surface area contributed by atoms with Crippen LogP contribution in [0.5, 0.6) is 5.75 Å². The molecule has 0 atom stereocenters. The zero-order chi connectivity index (χ0) is 18.6. The lowest BCUT2D eigenvalue weighted by molar-refractivity contribution is 0.0470. The monoisotopic (exact) mass is 367 g/mol. The topological polar surface area (TPSA) is 72.9 Å². The van der Waals surface area contributed by atoms with Crippen LogP contribution >= 0.6 is 0 Å². The van der Waals surface area contributed by atoms with Gasteiger partial charge in [0.25, 0.3) is 0 Å². The largest absolute Gasteiger partial charge is 0.496 e. The number of esters is 1. The number of para-hydroxylation sites is 1. The predicted molar refractivity (Wildman–Crippen MR) is 91.8 cm³/mol. The van der Waals surface area contributed by atoms with Gasteiger partial charge in [0.05, 0.1) is 24.6 Å². The van der Waals surface area contributed by atoms with Crippen molar-refractivity contribution in [3.8, 4) is 5.75 Å². The third-order valence-electron chi connectivity index (χ3n) is 3.56. The van der Waals surface area contributed by atoms with Crippen LogP contribution in [0.15, 0.2) is 42.5 Å². The van der Waals surface area contributed by atoms with Crippen LogP contribution in [0.25, 0.3) is 0 Å². The number of anilines is 1. The number of hydrogen-bond acceptors (Lipinski definition) is 5. The maximum absolute atomic E-state index is 13.4. The molecule has 0 aliphatic heterocycles. The molecule has 8 heteroatoms. The molecule has 25 heavy (non-hydrogen) atoms. The first-order valence-electron chi connectivity index (χ1n) is 7.26. The fourth-order valence-corrected chi connectivity index (χ4v) is 2.70. The highest BCUT2D eigenvalue weighted by atomic mass is 32.2. The number of methoxy groups -OCH3 is 1. The first-order chi connectivity index (χ1) is 11.7. The Morgan fingerprint density at radius 2 is 1.88 bits per heavy atom. The van der Waals surface area contributed by atoms with E-state index in [0.717, 1.165) is 10.6 Å². The van der Waals surface area contributed by atoms with Gasteiger partial charge in [-0.1, -0.05) is 12.1 Å². The molecular weight excluding hydrogens is 349 g/mol. The van der Waals surface area contributed by atoms with Crippen molar-refractivity contribution in [2.24, 2.45) is 0 Å². The second kappa shape index (κ2) is 7.52. The summed E-state index contributed by atoms with van der Waals surface area (Å²) in [6.07, 6.45) is 1.03. The second-order valence-corrected chi connectivity index (χ2v) is 7.29. The van der Waals surface area contributed by atoms with Crippen LogP contribution in [0.3, 0.4) is 0 Å². The molecule has 0 saturated heterocycles. The average Bonchev–Trinajstić information content (AvgIpc) is 2.58. The van der Waals surface area contributed by atoms with E-state index in [-0.39, 0.29) is 17.9 Å². The third kappa shape index (κ3) is 4.48. The lowest BCUT2D eigenvalue weighted by Crippen LogP contribution is -2.26. The van der Waals surface area contributed by atoms with E-state index in [9.17, 15) is 17.6 Å². The molecular formula is C17H18FNO5S. The Balaban J connectivity index is 2.24. The molecule has 0 aliphatic carbocycles. The van der Waals surface area contributed by atoms with Crippen molar-refractivity contribution >= 4 is 21.7 Å². The van der Waals surface area contributed by atoms with Crippen LogP contribution < -0.4 is 9.04 Å². The molecule has 0 bridgehead atoms. The van der Waals surface area contributed by atoms with Gasteiger partial charge in [0.2, 0.25) is 10.0 Å². The number of ether oxygens (including phenoxy) is 2. The molecule has 0 N–H and O–H groups in total. The first kappa shape index (κ1) is 18.7. The Morgan fingerprint density at radius 1 is 1.20 bits per heavy atom. The van der Waals surface area contributed by atoms with E-state index in [1.807, 2.05) is 0 Å². The predicted octanol–water partition coefficient (Wildman–Crippen LogP) is 2.59. The van der Waals surface area contributed by atoms with E-state index in [1.165, 1.54) is 44.5 Å². The van der Waals surface area contributed by atoms with Gasteiger partial charge in [0.1, 0.15) is 18.2 Å². The Hall–Kier alpha value is -2.61. The minimum Gasteiger partial charge on any atom is -0.496 e. The molecule has 0 unspecified atom stereocenters. The molecule has 0 radical (unpaired) electrons. The number of hydrogen-bond donors (Lipinski definition) is 0. The smallest absolute Gasteiger partial charge is 0.340 e. The Labute approximate surface area is 145 Å². The van der Waals surface area contributed by atoms with Gasteiger partial charge >= 0.3 is 5.97 Å². The molecule has 0 heterocycles. The highest BCUT2D eigenvalue weighted by Gasteiger charge is 2.20. The fourth-order valence-electron chi connectivity index (χ4n) is 2.18. The van der Waals surface area contributed by atoms with E-state index in [4.69, 9.17) is 9.47 Å². The summed E-state index contributed by atoms with van der Waals surface area (Å²) in [7, 11) is -0.770. The van der Waals surface area contributed by atoms with Crippen LogP contribution in [-0.4, -0.2) is 34.8 Å². The van der Waals surface area contributed by atoms with Gasteiger partial charge in [-0.25, -0.2) is 17.6 Å². The maximum Gasteiger partial charge on any atom is 0.340 e. The molecule has 0 fully saturated rings. The molecule has 2 aromatic carbocycles. The average molecular weight is 367 g/mol. The molecule has 0 spiro atoms. The molecule has 134 valence electrons. The molecule has 0 amide bonds. The number of sulfonamides is 1. The Bertz CT molecular complexity index is 882. The van der Waals surface area contributed by atoms with Crippen molar-refractivity contribution in [3.63, 3.8) is 0 Å². The SMILES string of the molecule is COc1ccc(F)cc1COC(=O)c1ccccc1N(C)S(C)(=O)=O. The maximum atomic E-state index is 13.4. The van der Waals surface area contributed by atoms with Crippen molar-refractivity contribution in [1.82, 2.24) is 0 Å². The normalized spacial score (nSPS) is 11.0. The summed E-state index contributed by atoms with van der Waals surface area (Å²) in [5.74, 6) is -0.822. The number of benzene rings is 2. The van der Waals surface area contributed by atoms with Crippen molar-refractivity contribution in [1.29, 1.82) is 0 Å². The van der Waals surface area contributed by atoms with Gasteiger partial charge in [-0.15, -0.1) is 0 Å². The van der Waals surface area contributed by atoms with E-state index in [1.54, 1.807) is 12.1 Å². The van der Waals surface area contributed by atoms with E-state index in [0.29, 0.717) is 11.3 Å². The van der Waals surface area contributed by atoms with E-state index >= 15 is 0 Å². The van der Waals surface area contributed by atoms with E-state index < -0.39 is 21.8 Å². The summed E-state index contributed by atoms with van der Waals surface area (Å²) in [5, 5.41) is 0. The summed E-state index contributed by atoms with van der Waals surface area (Å²) in [5.41, 5.74) is 0.650. The van der Waals surface area contributed by atoms with Crippen LogP contribution in [0, 0.1) is 5.82 Å². The number of rotatable bonds is 6. The third-order valence-corrected chi connectivity index (χ3v) is 4.75. The molecule has 0 aromatic heterocycles. The Morgan fingerprint density at radius 3 is 2.52 bits per heavy atom. The molecule has 2 rings (SSSR count). The van der Waals surface area contributed by atoms with Crippen molar-refractivity contribution < 1.29 is 27.1 Å². The number of nitrogens with zero attached hydrogens (tertiary/aromatic N) is 1. The summed E-state index contributed by atoms with van der Waals surface area (Å²) in [4.78, 5) is 12.4. The standard InChI is InChI=1S/C17H18FNO5S/c1-19(25(3,21)22)15-7-5-4-6-14(15)17(20)24-11-12-10-13(18)8-9-16(12)23-2/h4-10H,11H2,1-3H3. The van der Waals surface area contributed by atoms with Gasteiger partial charge in [0.15, 0.2) is 0 Å². The first-order valence-corrected chi connectivity index (χ1v) is 9.11. The van der Waals surface area contributed by atoms with Crippen molar-refractivity contribution in [2.45, 2.75) is 6.61 Å². The summed E-state index contributed by atoms with van der Waals surface area (Å²) in [6, 6.07) is 10.1. The molecule has 6 nitrogen and oxygen atoms in total. The fraction of sp³-hybridized carbons (Fsp3) is 0.235. The highest BCUT2D eigenvalue weighted by molar-refractivity contribution is 7.92. The quantitative estimate of drug-likeness (QED) is 0.734. The highest BCUT2D eigenvalue weighted by Crippen LogP contribution is 2.24. The second-order valence-electron chi connectivity index (χ2n) is 5.28. The van der Waals surface area contributed by atoms with Gasteiger partial charge in [0, 0.05) is 12.6 Å². The number of carbonyl (C=O) groups excluding carboxylic acids is 1. The lowest BCUT2D eigenvalue weighted by Gasteiger charge is -2.19. The van der Waals surface area contributed by atoms with Crippen molar-refractivity contribution in [2.75, 3.05) is 24.7 Å². The Kier molecular flexibility index (Phi) is 5.63. The van der Waals surface area contributed by atoms with Gasteiger partial charge in [-0.3, -0.25) is 4.31 Å². The molecule has 0 saturated carbocycles. The van der Waals surface area contributed by atoms with E-state index in [2.05, 4.69) is 0 Å². The number of halogens is 1. The van der Waals surface area contributed by atoms with Crippen LogP contribution in [-0.2, 0) is 21.4 Å². The molecule has 2 aromatic rings. The summed E-state index contributed by atoms with van der Waals surface area (Å²) >= 11 is 0. The van der Waals surface area contributed by atoms with Crippen LogP contribution in [0.1, 0.15) is 15.9 Å². The minimum atomic E-state index is -3.54. The van der Waals surface area contributed by atoms with Gasteiger partial charge in [-0.2, -0.15) is 0 Å². The summed E-state index contributed by atoms with van der Waals surface area (Å²) < 4.78 is 48.1. The summed E-state index contributed by atoms with van der Waals surface area (Å²) in [6.45, 7) is -0.212. The van der Waals surface area contributed by atoms with Gasteiger partial charge < -0.3 is 9.47 Å². The lowest BCUT2D eigenvalue weighted by atomic mass is 10.1. The zero-order valence-electron chi connectivity index (χ0n) is 14.0. The molecule has 0 aliphatic rings. The minimum absolute atomic E-state index is 0.0887. The van der Waals surface area contributed by atoms with Crippen LogP contribution in [0.4, 0.5) is 10.1 Å². The zero-order valence-corrected chi connectivity index (χ0v) is 14.8. The van der Waals surface area contributed by atoms with Gasteiger partial charge in [-0.05, 0) is 30.3 Å².